The lowest BCUT2D eigenvalue weighted by molar-refractivity contribution is -0.125. The molecule has 0 aromatic rings. The van der Waals surface area contributed by atoms with Crippen LogP contribution in [0.3, 0.4) is 0 Å². The Hall–Kier alpha value is -1.36. The van der Waals surface area contributed by atoms with E-state index in [0.29, 0.717) is 5.57 Å². The number of aliphatic hydroxyl groups excluding tert-OH is 1. The minimum atomic E-state index is -0.567. The molecular formula is C25H45NO4. The summed E-state index contributed by atoms with van der Waals surface area (Å²) in [7, 11) is 0. The molecular weight excluding hydrogens is 378 g/mol. The second-order valence-corrected chi connectivity index (χ2v) is 9.50. The van der Waals surface area contributed by atoms with Crippen molar-refractivity contribution < 1.29 is 19.4 Å². The number of carbonyl (C=O) groups excluding carboxylic acids is 2. The molecule has 2 amide bonds. The monoisotopic (exact) mass is 423 g/mol. The molecule has 0 unspecified atom stereocenters. The van der Waals surface area contributed by atoms with Crippen molar-refractivity contribution in [2.45, 2.75) is 111 Å². The quantitative estimate of drug-likeness (QED) is 0.271. The maximum absolute atomic E-state index is 12.8. The Morgan fingerprint density at radius 3 is 2.23 bits per heavy atom. The molecule has 30 heavy (non-hydrogen) atoms. The fraction of sp³-hybridized carbons (Fsp3) is 0.840. The van der Waals surface area contributed by atoms with Gasteiger partial charge in [0, 0.05) is 11.5 Å². The fourth-order valence-electron chi connectivity index (χ4n) is 4.20. The van der Waals surface area contributed by atoms with Crippen LogP contribution in [-0.4, -0.2) is 40.8 Å². The number of carbonyl (C=O) groups is 2. The second-order valence-electron chi connectivity index (χ2n) is 9.50. The van der Waals surface area contributed by atoms with Crippen LogP contribution in [0.5, 0.6) is 0 Å². The number of aliphatic hydroxyl groups is 1. The third-order valence-electron chi connectivity index (χ3n) is 6.38. The zero-order valence-electron chi connectivity index (χ0n) is 20.2. The fourth-order valence-corrected chi connectivity index (χ4v) is 4.20. The summed E-state index contributed by atoms with van der Waals surface area (Å²) in [5.74, 6) is -0.137. The summed E-state index contributed by atoms with van der Waals surface area (Å²) in [5.41, 5.74) is 0.491. The van der Waals surface area contributed by atoms with Crippen LogP contribution in [0.1, 0.15) is 99.3 Å². The molecule has 0 radical (unpaired) electrons. The molecule has 0 aromatic carbocycles. The van der Waals surface area contributed by atoms with Crippen molar-refractivity contribution in [3.8, 4) is 0 Å². The number of nitrogens with zero attached hydrogens (tertiary/aromatic N) is 1. The number of unbranched alkanes of at least 4 members (excludes halogenated alkanes) is 7. The molecule has 0 spiro atoms. The highest BCUT2D eigenvalue weighted by Crippen LogP contribution is 2.25. The van der Waals surface area contributed by atoms with Crippen molar-refractivity contribution >= 4 is 12.0 Å². The Bertz CT molecular complexity index is 557. The average Bonchev–Trinajstić information content (AvgIpc) is 3.10. The molecule has 1 aliphatic rings. The first kappa shape index (κ1) is 26.7. The van der Waals surface area contributed by atoms with E-state index < -0.39 is 12.2 Å². The lowest BCUT2D eigenvalue weighted by atomic mass is 9.88. The zero-order chi connectivity index (χ0) is 22.7. The molecule has 0 aromatic heterocycles. The van der Waals surface area contributed by atoms with Crippen molar-refractivity contribution in [2.75, 3.05) is 6.61 Å². The largest absolute Gasteiger partial charge is 0.447 e. The topological polar surface area (TPSA) is 66.8 Å². The minimum absolute atomic E-state index is 0.142. The first-order valence-electron chi connectivity index (χ1n) is 12.1. The average molecular weight is 424 g/mol. The first-order chi connectivity index (χ1) is 14.2. The standard InChI is InChI=1S/C25H45NO4/c1-7-8-9-10-11-12-13-14-15-19(4)23(27)20(5)16-21(6)24(28)26-22(18(2)3)17-30-25(26)29/h16,18-20,22-23,27H,7-15,17H2,1-6H3/b21-16+/t19-,20+,22-,23-/m1/s1. The van der Waals surface area contributed by atoms with Gasteiger partial charge in [-0.2, -0.15) is 0 Å². The molecule has 0 aliphatic carbocycles. The summed E-state index contributed by atoms with van der Waals surface area (Å²) < 4.78 is 5.08. The Kier molecular flexibility index (Phi) is 12.3. The lowest BCUT2D eigenvalue weighted by Gasteiger charge is -2.25. The molecule has 4 atom stereocenters. The van der Waals surface area contributed by atoms with Crippen LogP contribution in [-0.2, 0) is 9.53 Å². The summed E-state index contributed by atoms with van der Waals surface area (Å²) >= 11 is 0. The van der Waals surface area contributed by atoms with E-state index in [9.17, 15) is 14.7 Å². The Labute approximate surface area is 184 Å². The molecule has 1 rings (SSSR count). The smallest absolute Gasteiger partial charge is 0.417 e. The van der Waals surface area contributed by atoms with Gasteiger partial charge >= 0.3 is 6.09 Å². The normalized spacial score (nSPS) is 20.4. The maximum Gasteiger partial charge on any atom is 0.417 e. The molecule has 1 saturated heterocycles. The van der Waals surface area contributed by atoms with Gasteiger partial charge in [-0.15, -0.1) is 0 Å². The molecule has 1 N–H and O–H groups in total. The third-order valence-corrected chi connectivity index (χ3v) is 6.38. The maximum atomic E-state index is 12.8. The number of ether oxygens (including phenoxy) is 1. The number of imide groups is 1. The minimum Gasteiger partial charge on any atom is -0.447 e. The third kappa shape index (κ3) is 8.41. The van der Waals surface area contributed by atoms with Crippen LogP contribution in [0, 0.1) is 17.8 Å². The van der Waals surface area contributed by atoms with E-state index in [2.05, 4.69) is 13.8 Å². The van der Waals surface area contributed by atoms with Crippen LogP contribution in [0.15, 0.2) is 11.6 Å². The second kappa shape index (κ2) is 13.8. The summed E-state index contributed by atoms with van der Waals surface area (Å²) in [6.45, 7) is 12.2. The van der Waals surface area contributed by atoms with Gasteiger partial charge in [0.25, 0.3) is 5.91 Å². The number of cyclic esters (lactones) is 1. The highest BCUT2D eigenvalue weighted by Gasteiger charge is 2.40. The predicted octanol–water partition coefficient (Wildman–Crippen LogP) is 6.10. The predicted molar refractivity (Wildman–Crippen MR) is 122 cm³/mol. The van der Waals surface area contributed by atoms with Gasteiger partial charge in [0.2, 0.25) is 0 Å². The van der Waals surface area contributed by atoms with Crippen molar-refractivity contribution in [3.05, 3.63) is 11.6 Å². The Morgan fingerprint density at radius 2 is 1.67 bits per heavy atom. The summed E-state index contributed by atoms with van der Waals surface area (Å²) in [5, 5.41) is 10.7. The highest BCUT2D eigenvalue weighted by molar-refractivity contribution is 6.03. The van der Waals surface area contributed by atoms with E-state index in [1.165, 1.54) is 49.8 Å². The lowest BCUT2D eigenvalue weighted by Crippen LogP contribution is -2.42. The van der Waals surface area contributed by atoms with Gasteiger partial charge in [-0.3, -0.25) is 4.79 Å². The van der Waals surface area contributed by atoms with Crippen LogP contribution < -0.4 is 0 Å². The van der Waals surface area contributed by atoms with Crippen molar-refractivity contribution in [2.24, 2.45) is 17.8 Å². The van der Waals surface area contributed by atoms with Gasteiger partial charge in [0.1, 0.15) is 6.61 Å². The molecule has 5 nitrogen and oxygen atoms in total. The molecule has 1 aliphatic heterocycles. The number of hydrogen-bond acceptors (Lipinski definition) is 4. The molecule has 1 heterocycles. The Balaban J connectivity index is 2.46. The van der Waals surface area contributed by atoms with Crippen molar-refractivity contribution in [1.82, 2.24) is 4.90 Å². The van der Waals surface area contributed by atoms with Gasteiger partial charge < -0.3 is 9.84 Å². The number of rotatable bonds is 14. The highest BCUT2D eigenvalue weighted by atomic mass is 16.6. The van der Waals surface area contributed by atoms with Gasteiger partial charge in [-0.05, 0) is 25.2 Å². The van der Waals surface area contributed by atoms with E-state index in [4.69, 9.17) is 4.74 Å². The van der Waals surface area contributed by atoms with Crippen molar-refractivity contribution in [3.63, 3.8) is 0 Å². The molecule has 0 saturated carbocycles. The van der Waals surface area contributed by atoms with Crippen LogP contribution >= 0.6 is 0 Å². The first-order valence-corrected chi connectivity index (χ1v) is 12.1. The van der Waals surface area contributed by atoms with Gasteiger partial charge in [0.15, 0.2) is 0 Å². The van der Waals surface area contributed by atoms with Gasteiger partial charge in [-0.1, -0.05) is 92.1 Å². The summed E-state index contributed by atoms with van der Waals surface area (Å²) in [4.78, 5) is 26.1. The SMILES string of the molecule is CCCCCCCCCC[C@@H](C)[C@@H](O)[C@@H](C)/C=C(\C)C(=O)N1C(=O)OC[C@@H]1C(C)C. The van der Waals surface area contributed by atoms with E-state index in [-0.39, 0.29) is 36.3 Å². The van der Waals surface area contributed by atoms with Gasteiger partial charge in [0.05, 0.1) is 12.1 Å². The van der Waals surface area contributed by atoms with E-state index in [1.807, 2.05) is 20.8 Å². The zero-order valence-corrected chi connectivity index (χ0v) is 20.2. The van der Waals surface area contributed by atoms with Crippen LogP contribution in [0.4, 0.5) is 4.79 Å². The van der Waals surface area contributed by atoms with E-state index >= 15 is 0 Å². The number of hydrogen-bond donors (Lipinski definition) is 1. The summed E-state index contributed by atoms with van der Waals surface area (Å²) in [6, 6.07) is -0.227. The molecule has 1 fully saturated rings. The van der Waals surface area contributed by atoms with Crippen LogP contribution in [0.25, 0.3) is 0 Å². The number of amides is 2. The molecule has 174 valence electrons. The van der Waals surface area contributed by atoms with E-state index in [0.717, 1.165) is 12.8 Å². The molecule has 0 bridgehead atoms. The van der Waals surface area contributed by atoms with Crippen molar-refractivity contribution in [1.29, 1.82) is 0 Å². The summed E-state index contributed by atoms with van der Waals surface area (Å²) in [6.07, 6.45) is 12.0. The molecule has 5 heteroatoms. The van der Waals surface area contributed by atoms with E-state index in [1.54, 1.807) is 13.0 Å². The Morgan fingerprint density at radius 1 is 1.10 bits per heavy atom. The van der Waals surface area contributed by atoms with Gasteiger partial charge in [-0.25, -0.2) is 9.69 Å². The van der Waals surface area contributed by atoms with Crippen LogP contribution in [0.2, 0.25) is 0 Å².